The van der Waals surface area contributed by atoms with Gasteiger partial charge in [0, 0.05) is 68.5 Å². The van der Waals surface area contributed by atoms with E-state index in [1.54, 1.807) is 0 Å². The third kappa shape index (κ3) is 5.99. The molecule has 6 heteroatoms. The highest BCUT2D eigenvalue weighted by Gasteiger charge is 2.43. The largest absolute Gasteiger partial charge is 0.311 e. The van der Waals surface area contributed by atoms with Crippen LogP contribution in [-0.4, -0.2) is 21.2 Å². The third-order valence-corrected chi connectivity index (χ3v) is 13.6. The third-order valence-electron chi connectivity index (χ3n) is 13.6. The lowest BCUT2D eigenvalue weighted by Gasteiger charge is -2.44. The van der Waals surface area contributed by atoms with Crippen molar-refractivity contribution in [3.63, 3.8) is 0 Å². The molecule has 9 aromatic rings. The van der Waals surface area contributed by atoms with E-state index in [9.17, 15) is 0 Å². The van der Waals surface area contributed by atoms with Gasteiger partial charge in [0.25, 0.3) is 6.71 Å². The van der Waals surface area contributed by atoms with E-state index in [-0.39, 0.29) is 6.71 Å². The molecule has 5 nitrogen and oxygen atoms in total. The van der Waals surface area contributed by atoms with Gasteiger partial charge in [0.2, 0.25) is 0 Å². The standard InChI is InChI=1S/C55H46BN5/c1-2-4-8-19-38(18-7-3-1)39-28-31-49-45(34-39)44-24-13-15-26-48(44)61(49)43-29-30-47-51(37-43)60(42-22-11-6-12-23-42)53-36-40(55-57-32-17-33-58-55)35-52-54(53)56(47)46-25-14-16-27-50(46)59(52)41-20-9-5-10-21-41/h5-6,9-17,20-38H,1-4,7-8,18-19H2. The van der Waals surface area contributed by atoms with Crippen molar-refractivity contribution < 1.29 is 0 Å². The zero-order valence-corrected chi connectivity index (χ0v) is 34.3. The highest BCUT2D eigenvalue weighted by Crippen LogP contribution is 2.46. The van der Waals surface area contributed by atoms with Crippen molar-refractivity contribution in [2.75, 3.05) is 9.80 Å². The normalized spacial score (nSPS) is 15.2. The minimum Gasteiger partial charge on any atom is -0.311 e. The molecule has 294 valence electrons. The summed E-state index contributed by atoms with van der Waals surface area (Å²) < 4.78 is 2.50. The summed E-state index contributed by atoms with van der Waals surface area (Å²) in [6.07, 6.45) is 14.4. The van der Waals surface area contributed by atoms with Gasteiger partial charge >= 0.3 is 0 Å². The summed E-state index contributed by atoms with van der Waals surface area (Å²) in [5.41, 5.74) is 16.9. The van der Waals surface area contributed by atoms with E-state index in [1.165, 1.54) is 106 Å². The van der Waals surface area contributed by atoms with Crippen LogP contribution in [0.15, 0.2) is 176 Å². The number of hydrogen-bond donors (Lipinski definition) is 0. The topological polar surface area (TPSA) is 37.2 Å². The summed E-state index contributed by atoms with van der Waals surface area (Å²) >= 11 is 0. The predicted octanol–water partition coefficient (Wildman–Crippen LogP) is 12.5. The summed E-state index contributed by atoms with van der Waals surface area (Å²) in [7, 11) is 0. The summed E-state index contributed by atoms with van der Waals surface area (Å²) in [6, 6.07) is 60.7. The molecule has 0 bridgehead atoms. The van der Waals surface area contributed by atoms with Crippen LogP contribution < -0.4 is 26.2 Å². The second kappa shape index (κ2) is 15.0. The molecule has 0 atom stereocenters. The van der Waals surface area contributed by atoms with E-state index >= 15 is 0 Å². The highest BCUT2D eigenvalue weighted by molar-refractivity contribution is 7.00. The number of hydrogen-bond acceptors (Lipinski definition) is 4. The molecule has 0 amide bonds. The Bertz CT molecular complexity index is 3060. The average molecular weight is 788 g/mol. The van der Waals surface area contributed by atoms with Crippen LogP contribution in [0.1, 0.15) is 62.8 Å². The van der Waals surface area contributed by atoms with E-state index in [4.69, 9.17) is 9.97 Å². The van der Waals surface area contributed by atoms with Gasteiger partial charge in [-0.1, -0.05) is 123 Å². The molecule has 0 radical (unpaired) electrons. The molecule has 1 fully saturated rings. The lowest BCUT2D eigenvalue weighted by Crippen LogP contribution is -2.61. The van der Waals surface area contributed by atoms with E-state index < -0.39 is 0 Å². The molecule has 3 aliphatic rings. The van der Waals surface area contributed by atoms with Gasteiger partial charge in [-0.2, -0.15) is 0 Å². The lowest BCUT2D eigenvalue weighted by atomic mass is 9.33. The van der Waals surface area contributed by atoms with Crippen molar-refractivity contribution in [1.82, 2.24) is 14.5 Å². The maximum Gasteiger partial charge on any atom is 0.252 e. The smallest absolute Gasteiger partial charge is 0.252 e. The summed E-state index contributed by atoms with van der Waals surface area (Å²) in [5, 5.41) is 2.65. The quantitative estimate of drug-likeness (QED) is 0.163. The van der Waals surface area contributed by atoms with E-state index in [0.717, 1.165) is 34.0 Å². The first kappa shape index (κ1) is 36.0. The summed E-state index contributed by atoms with van der Waals surface area (Å²) in [6.45, 7) is 0.00426. The fraction of sp³-hybridized carbons (Fsp3) is 0.164. The molecule has 0 N–H and O–H groups in total. The Morgan fingerprint density at radius 2 is 1.05 bits per heavy atom. The molecular formula is C55H46BN5. The predicted molar refractivity (Wildman–Crippen MR) is 256 cm³/mol. The molecule has 7 aromatic carbocycles. The molecule has 4 heterocycles. The second-order valence-corrected chi connectivity index (χ2v) is 17.1. The van der Waals surface area contributed by atoms with Crippen LogP contribution in [-0.2, 0) is 0 Å². The molecule has 12 rings (SSSR count). The number of aromatic nitrogens is 3. The molecule has 1 saturated carbocycles. The van der Waals surface area contributed by atoms with Crippen LogP contribution in [0.5, 0.6) is 0 Å². The van der Waals surface area contributed by atoms with Gasteiger partial charge in [0.05, 0.1) is 11.0 Å². The van der Waals surface area contributed by atoms with E-state index in [0.29, 0.717) is 11.7 Å². The highest BCUT2D eigenvalue weighted by atomic mass is 15.2. The maximum absolute atomic E-state index is 4.80. The Morgan fingerprint density at radius 1 is 0.443 bits per heavy atom. The van der Waals surface area contributed by atoms with E-state index in [1.807, 2.05) is 18.5 Å². The molecule has 61 heavy (non-hydrogen) atoms. The van der Waals surface area contributed by atoms with Gasteiger partial charge in [-0.15, -0.1) is 0 Å². The molecular weight excluding hydrogens is 741 g/mol. The van der Waals surface area contributed by atoms with Crippen molar-refractivity contribution in [3.8, 4) is 17.1 Å². The fourth-order valence-electron chi connectivity index (χ4n) is 10.8. The zero-order valence-electron chi connectivity index (χ0n) is 34.3. The van der Waals surface area contributed by atoms with Gasteiger partial charge in [0.1, 0.15) is 0 Å². The number of anilines is 6. The number of nitrogens with zero attached hydrogens (tertiary/aromatic N) is 5. The molecule has 0 saturated heterocycles. The monoisotopic (exact) mass is 787 g/mol. The van der Waals surface area contributed by atoms with Crippen molar-refractivity contribution in [2.45, 2.75) is 57.3 Å². The molecule has 1 aliphatic carbocycles. The molecule has 0 spiro atoms. The Kier molecular flexibility index (Phi) is 8.83. The first-order valence-electron chi connectivity index (χ1n) is 22.2. The minimum atomic E-state index is 0.00426. The van der Waals surface area contributed by atoms with Crippen molar-refractivity contribution in [3.05, 3.63) is 182 Å². The van der Waals surface area contributed by atoms with Gasteiger partial charge in [-0.3, -0.25) is 0 Å². The number of para-hydroxylation sites is 4. The van der Waals surface area contributed by atoms with Gasteiger partial charge < -0.3 is 14.4 Å². The number of rotatable bonds is 5. The molecule has 2 aliphatic heterocycles. The van der Waals surface area contributed by atoms with Crippen LogP contribution in [0.4, 0.5) is 34.1 Å². The van der Waals surface area contributed by atoms with Crippen molar-refractivity contribution in [1.29, 1.82) is 0 Å². The van der Waals surface area contributed by atoms with Crippen LogP contribution in [0.2, 0.25) is 0 Å². The van der Waals surface area contributed by atoms with Gasteiger partial charge in [-0.25, -0.2) is 9.97 Å². The van der Waals surface area contributed by atoms with Gasteiger partial charge in [-0.05, 0) is 120 Å². The molecule has 2 aromatic heterocycles. The maximum atomic E-state index is 4.80. The van der Waals surface area contributed by atoms with E-state index in [2.05, 4.69) is 172 Å². The van der Waals surface area contributed by atoms with Crippen molar-refractivity contribution in [2.24, 2.45) is 0 Å². The Morgan fingerprint density at radius 3 is 1.79 bits per heavy atom. The number of fused-ring (bicyclic) bond motifs is 7. The summed E-state index contributed by atoms with van der Waals surface area (Å²) in [4.78, 5) is 14.5. The summed E-state index contributed by atoms with van der Waals surface area (Å²) in [5.74, 6) is 1.33. The van der Waals surface area contributed by atoms with Crippen molar-refractivity contribution >= 4 is 79.0 Å². The lowest BCUT2D eigenvalue weighted by molar-refractivity contribution is 0.540. The fourth-order valence-corrected chi connectivity index (χ4v) is 10.8. The Labute approximate surface area is 358 Å². The van der Waals surface area contributed by atoms with Crippen LogP contribution in [0, 0.1) is 0 Å². The first-order valence-corrected chi connectivity index (χ1v) is 22.2. The Balaban J connectivity index is 1.10. The van der Waals surface area contributed by atoms with Gasteiger partial charge in [0.15, 0.2) is 5.82 Å². The zero-order chi connectivity index (χ0) is 40.3. The number of benzene rings is 7. The van der Waals surface area contributed by atoms with Crippen LogP contribution in [0.25, 0.3) is 38.9 Å². The second-order valence-electron chi connectivity index (χ2n) is 17.1. The minimum absolute atomic E-state index is 0.00426. The Hall–Kier alpha value is -6.92. The molecule has 0 unspecified atom stereocenters. The SMILES string of the molecule is c1ccc(N2c3ccccc3B3c4ccc(-n5c6ccccc6c6cc(C7CCCCCCCC7)ccc65)cc4N(c4ccccc4)c4cc(-c5ncccn5)cc2c43)cc1. The van der Waals surface area contributed by atoms with Crippen LogP contribution in [0.3, 0.4) is 0 Å². The van der Waals surface area contributed by atoms with Crippen LogP contribution >= 0.6 is 0 Å². The first-order chi connectivity index (χ1) is 30.3. The average Bonchev–Trinajstić information content (AvgIpc) is 3.72.